The van der Waals surface area contributed by atoms with Crippen LogP contribution in [0.15, 0.2) is 15.4 Å². The van der Waals surface area contributed by atoms with Crippen LogP contribution in [0, 0.1) is 23.7 Å². The number of aromatic amines is 1. The molecule has 1 aromatic rings. The molecular weight excluding hydrogens is 370 g/mol. The fourth-order valence-electron chi connectivity index (χ4n) is 5.94. The highest BCUT2D eigenvalue weighted by Gasteiger charge is 2.38. The molecule has 3 N–H and O–H groups in total. The maximum absolute atomic E-state index is 11.5. The van der Waals surface area contributed by atoms with E-state index in [0.717, 1.165) is 38.4 Å². The average Bonchev–Trinajstić information content (AvgIpc) is 3.12. The molecule has 4 rings (SSSR count). The van der Waals surface area contributed by atoms with E-state index in [1.807, 2.05) is 0 Å². The molecule has 0 unspecified atom stereocenters. The van der Waals surface area contributed by atoms with Gasteiger partial charge in [0.25, 0.3) is 5.56 Å². The van der Waals surface area contributed by atoms with E-state index in [4.69, 9.17) is 4.52 Å². The molecular formula is C22H35N3O4. The molecule has 7 nitrogen and oxygen atoms in total. The van der Waals surface area contributed by atoms with Gasteiger partial charge in [0.05, 0.1) is 6.54 Å². The van der Waals surface area contributed by atoms with Crippen LogP contribution in [-0.4, -0.2) is 46.8 Å². The van der Waals surface area contributed by atoms with Crippen LogP contribution in [0.3, 0.4) is 0 Å². The molecule has 1 aliphatic heterocycles. The Balaban J connectivity index is 1.38. The number of hydrogen-bond acceptors (Lipinski definition) is 5. The van der Waals surface area contributed by atoms with E-state index in [-0.39, 0.29) is 11.6 Å². The van der Waals surface area contributed by atoms with Crippen LogP contribution in [0.2, 0.25) is 0 Å². The van der Waals surface area contributed by atoms with Crippen molar-refractivity contribution < 1.29 is 14.4 Å². The zero-order valence-electron chi connectivity index (χ0n) is 17.3. The summed E-state index contributed by atoms with van der Waals surface area (Å²) in [6.07, 6.45) is 10.9. The molecule has 7 heteroatoms. The summed E-state index contributed by atoms with van der Waals surface area (Å²) in [5, 5.41) is 15.0. The van der Waals surface area contributed by atoms with E-state index in [1.165, 1.54) is 44.9 Å². The average molecular weight is 406 g/mol. The molecule has 0 spiro atoms. The van der Waals surface area contributed by atoms with Crippen LogP contribution in [0.4, 0.5) is 0 Å². The fourth-order valence-corrected chi connectivity index (χ4v) is 5.94. The number of aromatic nitrogens is 1. The molecule has 1 aromatic heterocycles. The summed E-state index contributed by atoms with van der Waals surface area (Å²) < 4.78 is 5.35. The van der Waals surface area contributed by atoms with Crippen LogP contribution in [0.25, 0.3) is 0 Å². The number of fused-ring (bicyclic) bond motifs is 1. The van der Waals surface area contributed by atoms with E-state index in [1.54, 1.807) is 6.07 Å². The first-order valence-corrected chi connectivity index (χ1v) is 11.4. The molecule has 162 valence electrons. The molecule has 0 radical (unpaired) electrons. The van der Waals surface area contributed by atoms with Gasteiger partial charge < -0.3 is 14.9 Å². The van der Waals surface area contributed by atoms with Gasteiger partial charge in [0.2, 0.25) is 0 Å². The standard InChI is InChI=1S/C22H35N3O4/c26-21-10-19(29-24-21)14-25(12-15-4-2-1-3-5-15)13-16-6-7-17-11-23-20(22(27)28)9-18(17)8-16/h10,15-18,20,23H,1-9,11-14H2,(H,24,26)(H,27,28)/t16-,17-,18+,20-/m0/s1. The number of nitrogens with one attached hydrogen (secondary N) is 2. The Kier molecular flexibility index (Phi) is 6.75. The van der Waals surface area contributed by atoms with Crippen LogP contribution in [0.5, 0.6) is 0 Å². The molecule has 4 atom stereocenters. The lowest BCUT2D eigenvalue weighted by Gasteiger charge is -2.43. The van der Waals surface area contributed by atoms with Gasteiger partial charge in [0.15, 0.2) is 5.76 Å². The first kappa shape index (κ1) is 20.7. The van der Waals surface area contributed by atoms with Crippen molar-refractivity contribution in [3.8, 4) is 0 Å². The Morgan fingerprint density at radius 3 is 2.59 bits per heavy atom. The van der Waals surface area contributed by atoms with E-state index in [0.29, 0.717) is 30.1 Å². The zero-order chi connectivity index (χ0) is 20.2. The highest BCUT2D eigenvalue weighted by Crippen LogP contribution is 2.39. The lowest BCUT2D eigenvalue weighted by atomic mass is 9.69. The van der Waals surface area contributed by atoms with Gasteiger partial charge >= 0.3 is 5.97 Å². The third-order valence-electron chi connectivity index (χ3n) is 7.42. The van der Waals surface area contributed by atoms with Gasteiger partial charge in [-0.3, -0.25) is 14.5 Å². The summed E-state index contributed by atoms with van der Waals surface area (Å²) in [6.45, 7) is 3.60. The van der Waals surface area contributed by atoms with Gasteiger partial charge in [-0.15, -0.1) is 0 Å². The Bertz CT molecular complexity index is 724. The molecule has 2 saturated carbocycles. The second-order valence-corrected chi connectivity index (χ2v) is 9.61. The minimum atomic E-state index is -0.716. The molecule has 3 aliphatic rings. The first-order chi connectivity index (χ1) is 14.1. The largest absolute Gasteiger partial charge is 0.480 e. The molecule has 1 saturated heterocycles. The Hall–Kier alpha value is -1.60. The van der Waals surface area contributed by atoms with E-state index in [9.17, 15) is 14.7 Å². The van der Waals surface area contributed by atoms with Crippen LogP contribution in [0.1, 0.15) is 63.5 Å². The number of H-pyrrole nitrogens is 1. The Morgan fingerprint density at radius 2 is 1.86 bits per heavy atom. The lowest BCUT2D eigenvalue weighted by molar-refractivity contribution is -0.141. The zero-order valence-corrected chi connectivity index (χ0v) is 17.3. The number of carbonyl (C=O) groups is 1. The Morgan fingerprint density at radius 1 is 1.07 bits per heavy atom. The van der Waals surface area contributed by atoms with Crippen molar-refractivity contribution in [1.82, 2.24) is 15.4 Å². The quantitative estimate of drug-likeness (QED) is 0.645. The van der Waals surface area contributed by atoms with Crippen LogP contribution < -0.4 is 10.9 Å². The van der Waals surface area contributed by atoms with E-state index < -0.39 is 5.97 Å². The second kappa shape index (κ2) is 9.47. The number of piperidine rings is 1. The summed E-state index contributed by atoms with van der Waals surface area (Å²) in [7, 11) is 0. The molecule has 29 heavy (non-hydrogen) atoms. The third-order valence-corrected chi connectivity index (χ3v) is 7.42. The van der Waals surface area contributed by atoms with Crippen LogP contribution >= 0.6 is 0 Å². The molecule has 0 amide bonds. The van der Waals surface area contributed by atoms with Gasteiger partial charge in [-0.2, -0.15) is 5.16 Å². The fraction of sp³-hybridized carbons (Fsp3) is 0.818. The molecule has 3 fully saturated rings. The van der Waals surface area contributed by atoms with E-state index in [2.05, 4.69) is 15.4 Å². The normalized spacial score (nSPS) is 30.9. The van der Waals surface area contributed by atoms with Crippen molar-refractivity contribution in [3.05, 3.63) is 22.2 Å². The Labute approximate surface area is 172 Å². The molecule has 0 bridgehead atoms. The maximum Gasteiger partial charge on any atom is 0.320 e. The predicted molar refractivity (Wildman–Crippen MR) is 110 cm³/mol. The predicted octanol–water partition coefficient (Wildman–Crippen LogP) is 2.83. The highest BCUT2D eigenvalue weighted by molar-refractivity contribution is 5.73. The van der Waals surface area contributed by atoms with Crippen molar-refractivity contribution in [2.75, 3.05) is 19.6 Å². The van der Waals surface area contributed by atoms with Gasteiger partial charge in [-0.25, -0.2) is 0 Å². The number of hydrogen-bond donors (Lipinski definition) is 3. The first-order valence-electron chi connectivity index (χ1n) is 11.4. The minimum absolute atomic E-state index is 0.174. The van der Waals surface area contributed by atoms with Crippen molar-refractivity contribution in [2.45, 2.75) is 70.4 Å². The lowest BCUT2D eigenvalue weighted by Crippen LogP contribution is -2.50. The van der Waals surface area contributed by atoms with Gasteiger partial charge in [-0.1, -0.05) is 19.3 Å². The molecule has 0 aromatic carbocycles. The highest BCUT2D eigenvalue weighted by atomic mass is 16.5. The van der Waals surface area contributed by atoms with Crippen molar-refractivity contribution in [2.24, 2.45) is 23.7 Å². The van der Waals surface area contributed by atoms with Crippen LogP contribution in [-0.2, 0) is 11.3 Å². The van der Waals surface area contributed by atoms with Crippen molar-refractivity contribution >= 4 is 5.97 Å². The van der Waals surface area contributed by atoms with E-state index >= 15 is 0 Å². The summed E-state index contributed by atoms with van der Waals surface area (Å²) in [4.78, 5) is 25.4. The monoisotopic (exact) mass is 405 g/mol. The summed E-state index contributed by atoms with van der Waals surface area (Å²) in [6, 6.07) is 1.18. The molecule has 2 aliphatic carbocycles. The SMILES string of the molecule is O=C(O)[C@@H]1C[C@H]2C[C@@H](CN(Cc3cc(=O)[nH]o3)CC3CCCCC3)CC[C@H]2CN1. The minimum Gasteiger partial charge on any atom is -0.480 e. The van der Waals surface area contributed by atoms with Gasteiger partial charge in [0.1, 0.15) is 6.04 Å². The number of nitrogens with zero attached hydrogens (tertiary/aromatic N) is 1. The second-order valence-electron chi connectivity index (χ2n) is 9.61. The third kappa shape index (κ3) is 5.51. The van der Waals surface area contributed by atoms with Gasteiger partial charge in [0, 0.05) is 19.2 Å². The topological polar surface area (TPSA) is 98.6 Å². The number of aliphatic carboxylic acids is 1. The maximum atomic E-state index is 11.5. The number of rotatable bonds is 7. The van der Waals surface area contributed by atoms with Crippen molar-refractivity contribution in [3.63, 3.8) is 0 Å². The number of carboxylic acid groups (broad SMARTS) is 1. The summed E-state index contributed by atoms with van der Waals surface area (Å²) in [5.41, 5.74) is -0.174. The van der Waals surface area contributed by atoms with Gasteiger partial charge in [-0.05, 0) is 68.7 Å². The van der Waals surface area contributed by atoms with Crippen molar-refractivity contribution in [1.29, 1.82) is 0 Å². The molecule has 2 heterocycles. The number of carboxylic acids is 1. The smallest absolute Gasteiger partial charge is 0.320 e. The summed E-state index contributed by atoms with van der Waals surface area (Å²) >= 11 is 0. The summed E-state index contributed by atoms with van der Waals surface area (Å²) in [5.74, 6) is 2.47.